The molecule has 0 amide bonds. The first kappa shape index (κ1) is 15.4. The molecule has 112 valence electrons. The van der Waals surface area contributed by atoms with Crippen molar-refractivity contribution in [2.24, 2.45) is 5.73 Å². The number of hydrogen-bond donors (Lipinski definition) is 1. The Labute approximate surface area is 120 Å². The van der Waals surface area contributed by atoms with Gasteiger partial charge in [-0.05, 0) is 37.5 Å². The molecule has 2 rings (SSSR count). The van der Waals surface area contributed by atoms with E-state index in [0.717, 1.165) is 17.5 Å². The van der Waals surface area contributed by atoms with Gasteiger partial charge in [-0.3, -0.25) is 0 Å². The Morgan fingerprint density at radius 3 is 2.90 bits per heavy atom. The first-order valence-corrected chi connectivity index (χ1v) is 8.30. The average Bonchev–Trinajstić information content (AvgIpc) is 2.64. The molecule has 1 atom stereocenters. The van der Waals surface area contributed by atoms with Crippen LogP contribution in [0.2, 0.25) is 0 Å². The maximum absolute atomic E-state index is 12.8. The number of sulfonamides is 1. The summed E-state index contributed by atoms with van der Waals surface area (Å²) < 4.78 is 32.6. The molecular weight excluding hydrogens is 276 g/mol. The fraction of sp³-hybridized carbons (Fsp3) is 0.571. The standard InChI is InChI=1S/C14H22N2O3S/c1-11-4-5-13(9-15)8-14(11)20(17,18)16-6-3-7-19-12(2)10-16/h4-5,8,12H,3,6-7,9-10,15H2,1-2H3. The lowest BCUT2D eigenvalue weighted by atomic mass is 10.1. The van der Waals surface area contributed by atoms with E-state index < -0.39 is 10.0 Å². The minimum Gasteiger partial charge on any atom is -0.377 e. The van der Waals surface area contributed by atoms with Crippen LogP contribution in [-0.4, -0.2) is 38.5 Å². The molecule has 0 aromatic heterocycles. The number of ether oxygens (including phenoxy) is 1. The molecule has 1 aromatic carbocycles. The van der Waals surface area contributed by atoms with E-state index in [1.807, 2.05) is 26.0 Å². The van der Waals surface area contributed by atoms with Crippen LogP contribution in [0.3, 0.4) is 0 Å². The Hall–Kier alpha value is -0.950. The third-order valence-electron chi connectivity index (χ3n) is 3.52. The van der Waals surface area contributed by atoms with Crippen molar-refractivity contribution in [3.63, 3.8) is 0 Å². The molecule has 6 heteroatoms. The van der Waals surface area contributed by atoms with Crippen LogP contribution in [0.4, 0.5) is 0 Å². The number of nitrogens with two attached hydrogens (primary N) is 1. The van der Waals surface area contributed by atoms with Gasteiger partial charge in [-0.25, -0.2) is 8.42 Å². The van der Waals surface area contributed by atoms with Gasteiger partial charge in [-0.15, -0.1) is 0 Å². The van der Waals surface area contributed by atoms with Crippen molar-refractivity contribution in [2.45, 2.75) is 37.8 Å². The highest BCUT2D eigenvalue weighted by molar-refractivity contribution is 7.89. The van der Waals surface area contributed by atoms with E-state index in [1.54, 1.807) is 6.07 Å². The average molecular weight is 298 g/mol. The zero-order valence-electron chi connectivity index (χ0n) is 12.0. The van der Waals surface area contributed by atoms with Crippen molar-refractivity contribution in [3.8, 4) is 0 Å². The Morgan fingerprint density at radius 2 is 2.20 bits per heavy atom. The first-order chi connectivity index (χ1) is 9.45. The van der Waals surface area contributed by atoms with E-state index in [1.165, 1.54) is 4.31 Å². The Morgan fingerprint density at radius 1 is 1.45 bits per heavy atom. The van der Waals surface area contributed by atoms with Gasteiger partial charge in [-0.2, -0.15) is 4.31 Å². The zero-order valence-corrected chi connectivity index (χ0v) is 12.8. The molecule has 1 unspecified atom stereocenters. The van der Waals surface area contributed by atoms with Crippen LogP contribution in [0.25, 0.3) is 0 Å². The van der Waals surface area contributed by atoms with Gasteiger partial charge < -0.3 is 10.5 Å². The van der Waals surface area contributed by atoms with Crippen LogP contribution in [0.15, 0.2) is 23.1 Å². The van der Waals surface area contributed by atoms with E-state index in [4.69, 9.17) is 10.5 Å². The summed E-state index contributed by atoms with van der Waals surface area (Å²) in [6.07, 6.45) is 0.643. The molecule has 1 fully saturated rings. The topological polar surface area (TPSA) is 72.6 Å². The van der Waals surface area contributed by atoms with Crippen LogP contribution >= 0.6 is 0 Å². The largest absolute Gasteiger partial charge is 0.377 e. The number of nitrogens with zero attached hydrogens (tertiary/aromatic N) is 1. The smallest absolute Gasteiger partial charge is 0.243 e. The van der Waals surface area contributed by atoms with Crippen molar-refractivity contribution in [3.05, 3.63) is 29.3 Å². The molecule has 0 aliphatic carbocycles. The molecule has 5 nitrogen and oxygen atoms in total. The van der Waals surface area contributed by atoms with Crippen molar-refractivity contribution in [1.29, 1.82) is 0 Å². The summed E-state index contributed by atoms with van der Waals surface area (Å²) in [4.78, 5) is 0.356. The SMILES string of the molecule is Cc1ccc(CN)cc1S(=O)(=O)N1CCCOC(C)C1. The van der Waals surface area contributed by atoms with E-state index >= 15 is 0 Å². The molecule has 0 bridgehead atoms. The lowest BCUT2D eigenvalue weighted by Crippen LogP contribution is -2.36. The second kappa shape index (κ2) is 6.22. The lowest BCUT2D eigenvalue weighted by molar-refractivity contribution is 0.0752. The number of hydrogen-bond acceptors (Lipinski definition) is 4. The Kier molecular flexibility index (Phi) is 4.80. The number of rotatable bonds is 3. The minimum atomic E-state index is -3.48. The summed E-state index contributed by atoms with van der Waals surface area (Å²) in [6, 6.07) is 5.36. The maximum atomic E-state index is 12.8. The molecule has 20 heavy (non-hydrogen) atoms. The zero-order chi connectivity index (χ0) is 14.8. The van der Waals surface area contributed by atoms with Crippen LogP contribution in [0, 0.1) is 6.92 Å². The summed E-state index contributed by atoms with van der Waals surface area (Å²) in [5, 5.41) is 0. The second-order valence-electron chi connectivity index (χ2n) is 5.20. The Balaban J connectivity index is 2.38. The minimum absolute atomic E-state index is 0.0785. The predicted octanol–water partition coefficient (Wildman–Crippen LogP) is 1.25. The molecule has 1 heterocycles. The molecule has 1 saturated heterocycles. The summed E-state index contributed by atoms with van der Waals surface area (Å²) in [5.74, 6) is 0. The highest BCUT2D eigenvalue weighted by atomic mass is 32.2. The van der Waals surface area contributed by atoms with Gasteiger partial charge >= 0.3 is 0 Å². The fourth-order valence-electron chi connectivity index (χ4n) is 2.36. The summed E-state index contributed by atoms with van der Waals surface area (Å²) >= 11 is 0. The number of aryl methyl sites for hydroxylation is 1. The van der Waals surface area contributed by atoms with Gasteiger partial charge in [0.1, 0.15) is 0 Å². The molecule has 0 radical (unpaired) electrons. The van der Waals surface area contributed by atoms with Crippen molar-refractivity contribution < 1.29 is 13.2 Å². The number of benzene rings is 1. The van der Waals surface area contributed by atoms with Gasteiger partial charge in [0.2, 0.25) is 10.0 Å². The molecule has 1 aliphatic heterocycles. The molecule has 1 aliphatic rings. The predicted molar refractivity (Wildman–Crippen MR) is 77.9 cm³/mol. The molecule has 2 N–H and O–H groups in total. The summed E-state index contributed by atoms with van der Waals surface area (Å²) in [6.45, 7) is 5.55. The van der Waals surface area contributed by atoms with E-state index in [0.29, 0.717) is 31.1 Å². The highest BCUT2D eigenvalue weighted by Crippen LogP contribution is 2.23. The maximum Gasteiger partial charge on any atom is 0.243 e. The van der Waals surface area contributed by atoms with Crippen LogP contribution in [0.5, 0.6) is 0 Å². The monoisotopic (exact) mass is 298 g/mol. The molecular formula is C14H22N2O3S. The third kappa shape index (κ3) is 3.20. The van der Waals surface area contributed by atoms with E-state index in [-0.39, 0.29) is 6.10 Å². The second-order valence-corrected chi connectivity index (χ2v) is 7.11. The first-order valence-electron chi connectivity index (χ1n) is 6.86. The van der Waals surface area contributed by atoms with Gasteiger partial charge in [-0.1, -0.05) is 12.1 Å². The fourth-order valence-corrected chi connectivity index (χ4v) is 4.19. The van der Waals surface area contributed by atoms with Gasteiger partial charge in [0, 0.05) is 26.2 Å². The quantitative estimate of drug-likeness (QED) is 0.911. The van der Waals surface area contributed by atoms with Crippen LogP contribution in [0.1, 0.15) is 24.5 Å². The molecule has 1 aromatic rings. The summed E-state index contributed by atoms with van der Waals surface area (Å²) in [7, 11) is -3.48. The molecule has 0 saturated carbocycles. The highest BCUT2D eigenvalue weighted by Gasteiger charge is 2.29. The van der Waals surface area contributed by atoms with E-state index in [2.05, 4.69) is 0 Å². The van der Waals surface area contributed by atoms with Crippen LogP contribution < -0.4 is 5.73 Å². The molecule has 0 spiro atoms. The van der Waals surface area contributed by atoms with Gasteiger partial charge in [0.15, 0.2) is 0 Å². The lowest BCUT2D eigenvalue weighted by Gasteiger charge is -2.23. The van der Waals surface area contributed by atoms with E-state index in [9.17, 15) is 8.42 Å². The third-order valence-corrected chi connectivity index (χ3v) is 5.53. The van der Waals surface area contributed by atoms with Crippen molar-refractivity contribution >= 4 is 10.0 Å². The summed E-state index contributed by atoms with van der Waals surface area (Å²) in [5.41, 5.74) is 7.19. The normalized spacial score (nSPS) is 21.6. The van der Waals surface area contributed by atoms with Gasteiger partial charge in [0.25, 0.3) is 0 Å². The van der Waals surface area contributed by atoms with Crippen molar-refractivity contribution in [2.75, 3.05) is 19.7 Å². The van der Waals surface area contributed by atoms with Crippen molar-refractivity contribution in [1.82, 2.24) is 4.31 Å². The van der Waals surface area contributed by atoms with Crippen LogP contribution in [-0.2, 0) is 21.3 Å². The Bertz CT molecular complexity index is 572. The van der Waals surface area contributed by atoms with Gasteiger partial charge in [0.05, 0.1) is 11.0 Å².